The van der Waals surface area contributed by atoms with E-state index in [0.29, 0.717) is 35.4 Å². The van der Waals surface area contributed by atoms with Gasteiger partial charge in [-0.25, -0.2) is 13.4 Å². The van der Waals surface area contributed by atoms with E-state index < -0.39 is 22.0 Å². The lowest BCUT2D eigenvalue weighted by Gasteiger charge is -2.24. The second-order valence-electron chi connectivity index (χ2n) is 10.1. The number of pyridine rings is 1. The number of benzene rings is 2. The van der Waals surface area contributed by atoms with Crippen LogP contribution in [-0.4, -0.2) is 46.4 Å². The van der Waals surface area contributed by atoms with Gasteiger partial charge in [0.2, 0.25) is 15.9 Å². The van der Waals surface area contributed by atoms with E-state index in [1.165, 1.54) is 16.4 Å². The molecule has 1 fully saturated rings. The molecular formula is C29H31Cl3N6O4S. The largest absolute Gasteiger partial charge is 0.485 e. The quantitative estimate of drug-likeness (QED) is 0.169. The first kappa shape index (κ1) is 32.6. The van der Waals surface area contributed by atoms with Gasteiger partial charge in [-0.3, -0.25) is 10.2 Å². The van der Waals surface area contributed by atoms with Gasteiger partial charge in [0.15, 0.2) is 11.4 Å². The number of nitrogens with two attached hydrogens (primary N) is 1. The number of nitrogens with one attached hydrogen (secondary N) is 2. The van der Waals surface area contributed by atoms with Crippen molar-refractivity contribution in [2.45, 2.75) is 50.8 Å². The number of fused-ring (bicyclic) bond motifs is 1. The predicted molar refractivity (Wildman–Crippen MR) is 169 cm³/mol. The fourth-order valence-corrected chi connectivity index (χ4v) is 7.49. The van der Waals surface area contributed by atoms with Gasteiger partial charge < -0.3 is 20.2 Å². The third-order valence-corrected chi connectivity index (χ3v) is 10.3. The highest BCUT2D eigenvalue weighted by Crippen LogP contribution is 2.36. The Balaban J connectivity index is 0.00000423. The first-order chi connectivity index (χ1) is 20.0. The number of nitrogens with zero attached hydrogens (tertiary/aromatic N) is 3. The smallest absolute Gasteiger partial charge is 0.245 e. The number of amides is 1. The van der Waals surface area contributed by atoms with Crippen molar-refractivity contribution >= 4 is 63.0 Å². The molecule has 0 saturated carbocycles. The topological polar surface area (TPSA) is 143 Å². The molecule has 43 heavy (non-hydrogen) atoms. The summed E-state index contributed by atoms with van der Waals surface area (Å²) in [6, 6.07) is 12.4. The number of aromatic nitrogens is 2. The number of rotatable bonds is 9. The third kappa shape index (κ3) is 6.46. The fraction of sp³-hybridized carbons (Fsp3) is 0.276. The Kier molecular flexibility index (Phi) is 9.93. The zero-order chi connectivity index (χ0) is 30.2. The molecule has 0 unspecified atom stereocenters. The molecule has 1 aliphatic rings. The number of hydrogen-bond donors (Lipinski definition) is 3. The highest BCUT2D eigenvalue weighted by atomic mass is 35.5. The van der Waals surface area contributed by atoms with Crippen LogP contribution in [-0.2, 0) is 28.0 Å². The summed E-state index contributed by atoms with van der Waals surface area (Å²) >= 11 is 13.1. The van der Waals surface area contributed by atoms with Crippen LogP contribution in [0, 0.1) is 19.3 Å². The molecule has 1 atom stereocenters. The van der Waals surface area contributed by atoms with E-state index in [1.54, 1.807) is 30.3 Å². The van der Waals surface area contributed by atoms with Crippen molar-refractivity contribution in [2.24, 2.45) is 5.73 Å². The van der Waals surface area contributed by atoms with Crippen molar-refractivity contribution in [3.05, 3.63) is 92.9 Å². The molecule has 0 aliphatic carbocycles. The molecule has 2 aromatic heterocycles. The number of ether oxygens (including phenoxy) is 1. The van der Waals surface area contributed by atoms with Crippen molar-refractivity contribution in [3.63, 3.8) is 0 Å². The van der Waals surface area contributed by atoms with Gasteiger partial charge in [-0.1, -0.05) is 47.5 Å². The molecule has 5 rings (SSSR count). The Morgan fingerprint density at radius 2 is 1.88 bits per heavy atom. The lowest BCUT2D eigenvalue weighted by molar-refractivity contribution is -0.124. The van der Waals surface area contributed by atoms with Gasteiger partial charge in [0, 0.05) is 41.1 Å². The Bertz CT molecular complexity index is 1790. The van der Waals surface area contributed by atoms with Gasteiger partial charge in [0.25, 0.3) is 0 Å². The zero-order valence-electron chi connectivity index (χ0n) is 23.4. The van der Waals surface area contributed by atoms with Crippen LogP contribution >= 0.6 is 35.6 Å². The standard InChI is InChI=1S/C29H30Cl2N6O4S.ClH/c1-17-18(2)36-13-4-6-24(28(36)35-17)41-16-21-22(30)11-12-25(26(21)31)42(39,40)37-14-3-5-23(37)29(38)34-15-19-7-9-20(10-8-19)27(32)33;/h4,6-13,23H,3,5,14-16H2,1-2H3,(H3,32,33)(H,34,38);1H/t23-;/m0./s1. The van der Waals surface area contributed by atoms with Crippen LogP contribution in [0.5, 0.6) is 5.75 Å². The number of nitrogen functional groups attached to an aromatic ring is 1. The number of sulfonamides is 1. The van der Waals surface area contributed by atoms with E-state index >= 15 is 0 Å². The Morgan fingerprint density at radius 3 is 2.58 bits per heavy atom. The molecule has 0 spiro atoms. The number of aryl methyl sites for hydroxylation is 2. The minimum absolute atomic E-state index is 0. The third-order valence-electron chi connectivity index (χ3n) is 7.44. The molecular weight excluding hydrogens is 635 g/mol. The summed E-state index contributed by atoms with van der Waals surface area (Å²) in [7, 11) is -4.15. The molecule has 0 radical (unpaired) electrons. The zero-order valence-corrected chi connectivity index (χ0v) is 26.6. The van der Waals surface area contributed by atoms with Gasteiger partial charge in [0.05, 0.1) is 10.7 Å². The number of carbonyl (C=O) groups excluding carboxylic acids is 1. The lowest BCUT2D eigenvalue weighted by atomic mass is 10.1. The van der Waals surface area contributed by atoms with Crippen LogP contribution in [0.25, 0.3) is 5.65 Å². The van der Waals surface area contributed by atoms with Gasteiger partial charge in [-0.2, -0.15) is 4.31 Å². The number of hydrogen-bond acceptors (Lipinski definition) is 6. The first-order valence-corrected chi connectivity index (χ1v) is 15.5. The summed E-state index contributed by atoms with van der Waals surface area (Å²) in [4.78, 5) is 17.6. The van der Waals surface area contributed by atoms with Crippen LogP contribution in [0.3, 0.4) is 0 Å². The van der Waals surface area contributed by atoms with E-state index in [-0.39, 0.29) is 52.9 Å². The molecule has 10 nitrogen and oxygen atoms in total. The highest BCUT2D eigenvalue weighted by molar-refractivity contribution is 7.89. The summed E-state index contributed by atoms with van der Waals surface area (Å²) in [5, 5.41) is 10.5. The van der Waals surface area contributed by atoms with E-state index in [4.69, 9.17) is 39.1 Å². The Labute approximate surface area is 266 Å². The van der Waals surface area contributed by atoms with Gasteiger partial charge >= 0.3 is 0 Å². The van der Waals surface area contributed by atoms with Crippen LogP contribution in [0.1, 0.15) is 40.9 Å². The van der Waals surface area contributed by atoms with Crippen LogP contribution in [0.4, 0.5) is 0 Å². The van der Waals surface area contributed by atoms with Crippen molar-refractivity contribution in [1.82, 2.24) is 19.0 Å². The van der Waals surface area contributed by atoms with Crippen LogP contribution < -0.4 is 15.8 Å². The van der Waals surface area contributed by atoms with E-state index in [9.17, 15) is 13.2 Å². The second kappa shape index (κ2) is 13.1. The number of halogens is 3. The van der Waals surface area contributed by atoms with E-state index in [0.717, 1.165) is 17.0 Å². The van der Waals surface area contributed by atoms with Crippen molar-refractivity contribution in [3.8, 4) is 5.75 Å². The normalized spacial score (nSPS) is 15.3. The monoisotopic (exact) mass is 664 g/mol. The minimum atomic E-state index is -4.15. The Morgan fingerprint density at radius 1 is 1.16 bits per heavy atom. The highest BCUT2D eigenvalue weighted by Gasteiger charge is 2.40. The van der Waals surface area contributed by atoms with Gasteiger partial charge in [0.1, 0.15) is 23.4 Å². The summed E-state index contributed by atoms with van der Waals surface area (Å²) in [6.07, 6.45) is 2.79. The molecule has 0 bridgehead atoms. The maximum absolute atomic E-state index is 13.8. The van der Waals surface area contributed by atoms with Gasteiger partial charge in [-0.15, -0.1) is 12.4 Å². The van der Waals surface area contributed by atoms with Crippen molar-refractivity contribution in [2.75, 3.05) is 6.54 Å². The molecule has 1 amide bonds. The summed E-state index contributed by atoms with van der Waals surface area (Å²) in [6.45, 7) is 4.16. The summed E-state index contributed by atoms with van der Waals surface area (Å²) in [5.74, 6) is 0.0496. The van der Waals surface area contributed by atoms with E-state index in [2.05, 4.69) is 10.3 Å². The average Bonchev–Trinajstić information content (AvgIpc) is 3.57. The molecule has 4 aromatic rings. The van der Waals surface area contributed by atoms with Crippen LogP contribution in [0.2, 0.25) is 10.0 Å². The van der Waals surface area contributed by atoms with Crippen molar-refractivity contribution in [1.29, 1.82) is 5.41 Å². The lowest BCUT2D eigenvalue weighted by Crippen LogP contribution is -2.45. The molecule has 3 heterocycles. The molecule has 4 N–H and O–H groups in total. The molecule has 228 valence electrons. The second-order valence-corrected chi connectivity index (χ2v) is 12.7. The predicted octanol–water partition coefficient (Wildman–Crippen LogP) is 5.01. The summed E-state index contributed by atoms with van der Waals surface area (Å²) < 4.78 is 36.8. The van der Waals surface area contributed by atoms with Crippen molar-refractivity contribution < 1.29 is 17.9 Å². The summed E-state index contributed by atoms with van der Waals surface area (Å²) in [5.41, 5.74) is 9.66. The molecule has 2 aromatic carbocycles. The fourth-order valence-electron chi connectivity index (χ4n) is 4.97. The van der Waals surface area contributed by atoms with Crippen LogP contribution in [0.15, 0.2) is 59.6 Å². The molecule has 1 saturated heterocycles. The molecule has 14 heteroatoms. The SMILES string of the molecule is Cc1nc2c(OCc3c(Cl)ccc(S(=O)(=O)N4CCC[C@H]4C(=O)NCc4ccc(C(=N)N)cc4)c3Cl)cccn2c1C.Cl. The van der Waals surface area contributed by atoms with E-state index in [1.807, 2.05) is 30.5 Å². The number of carbonyl (C=O) groups is 1. The van der Waals surface area contributed by atoms with Gasteiger partial charge in [-0.05, 0) is 56.5 Å². The number of imidazole rings is 1. The maximum atomic E-state index is 13.8. The minimum Gasteiger partial charge on any atom is -0.485 e. The average molecular weight is 666 g/mol. The molecule has 1 aliphatic heterocycles. The Hall–Kier alpha value is -3.35. The number of amidine groups is 1. The maximum Gasteiger partial charge on any atom is 0.245 e. The first-order valence-electron chi connectivity index (χ1n) is 13.3.